The highest BCUT2D eigenvalue weighted by Gasteiger charge is 2.15. The molecule has 13 heavy (non-hydrogen) atoms. The van der Waals surface area contributed by atoms with Crippen molar-refractivity contribution >= 4 is 0 Å². The number of hydrogen-bond donors (Lipinski definition) is 0. The largest absolute Gasteiger partial charge is 0.463 e. The fourth-order valence-electron chi connectivity index (χ4n) is 1.51. The molecule has 0 aromatic carbocycles. The molecule has 2 heterocycles. The highest BCUT2D eigenvalue weighted by molar-refractivity contribution is 5.21. The van der Waals surface area contributed by atoms with Crippen LogP contribution in [0.15, 0.2) is 15.3 Å². The lowest BCUT2D eigenvalue weighted by Crippen LogP contribution is -2.19. The van der Waals surface area contributed by atoms with E-state index in [-0.39, 0.29) is 5.43 Å². The summed E-state index contributed by atoms with van der Waals surface area (Å²) >= 11 is 0. The SMILES string of the molecule is CCc1cc(=O)c2c(o1)COCC2. The van der Waals surface area contributed by atoms with Crippen LogP contribution >= 0.6 is 0 Å². The monoisotopic (exact) mass is 180 g/mol. The summed E-state index contributed by atoms with van der Waals surface area (Å²) in [6, 6.07) is 1.59. The zero-order chi connectivity index (χ0) is 9.26. The van der Waals surface area contributed by atoms with Gasteiger partial charge in [0.05, 0.1) is 6.61 Å². The van der Waals surface area contributed by atoms with Crippen LogP contribution in [-0.4, -0.2) is 6.61 Å². The zero-order valence-electron chi connectivity index (χ0n) is 7.63. The first kappa shape index (κ1) is 8.51. The van der Waals surface area contributed by atoms with Crippen molar-refractivity contribution in [2.75, 3.05) is 6.61 Å². The van der Waals surface area contributed by atoms with Gasteiger partial charge in [-0.05, 0) is 0 Å². The molecule has 0 saturated heterocycles. The first-order chi connectivity index (χ1) is 6.31. The van der Waals surface area contributed by atoms with Crippen LogP contribution in [0.1, 0.15) is 24.0 Å². The molecule has 0 saturated carbocycles. The molecule has 0 fully saturated rings. The van der Waals surface area contributed by atoms with Crippen molar-refractivity contribution in [2.45, 2.75) is 26.4 Å². The molecule has 0 aliphatic carbocycles. The van der Waals surface area contributed by atoms with Gasteiger partial charge in [-0.25, -0.2) is 0 Å². The van der Waals surface area contributed by atoms with Crippen molar-refractivity contribution in [1.29, 1.82) is 0 Å². The third kappa shape index (κ3) is 1.52. The summed E-state index contributed by atoms with van der Waals surface area (Å²) in [5.74, 6) is 1.46. The van der Waals surface area contributed by atoms with E-state index in [1.54, 1.807) is 6.07 Å². The zero-order valence-corrected chi connectivity index (χ0v) is 7.63. The molecule has 0 N–H and O–H groups in total. The van der Waals surface area contributed by atoms with Gasteiger partial charge < -0.3 is 9.15 Å². The van der Waals surface area contributed by atoms with Crippen LogP contribution in [0.25, 0.3) is 0 Å². The van der Waals surface area contributed by atoms with Gasteiger partial charge in [-0.15, -0.1) is 0 Å². The number of ether oxygens (including phenoxy) is 1. The fourth-order valence-corrected chi connectivity index (χ4v) is 1.51. The molecule has 0 atom stereocenters. The molecule has 70 valence electrons. The summed E-state index contributed by atoms with van der Waals surface area (Å²) in [6.07, 6.45) is 1.43. The minimum atomic E-state index is 0.0985. The third-order valence-corrected chi connectivity index (χ3v) is 2.26. The van der Waals surface area contributed by atoms with E-state index in [0.717, 1.165) is 23.5 Å². The van der Waals surface area contributed by atoms with E-state index < -0.39 is 0 Å². The predicted octanol–water partition coefficient (Wildman–Crippen LogP) is 1.27. The van der Waals surface area contributed by atoms with Crippen LogP contribution in [0.3, 0.4) is 0 Å². The second-order valence-corrected chi connectivity index (χ2v) is 3.13. The molecule has 0 unspecified atom stereocenters. The van der Waals surface area contributed by atoms with Gasteiger partial charge in [0.15, 0.2) is 5.43 Å². The van der Waals surface area contributed by atoms with Crippen molar-refractivity contribution in [2.24, 2.45) is 0 Å². The van der Waals surface area contributed by atoms with Gasteiger partial charge in [0.2, 0.25) is 0 Å². The molecule has 1 aromatic rings. The van der Waals surface area contributed by atoms with Gasteiger partial charge in [0, 0.05) is 24.5 Å². The topological polar surface area (TPSA) is 39.4 Å². The van der Waals surface area contributed by atoms with E-state index in [2.05, 4.69) is 0 Å². The van der Waals surface area contributed by atoms with Gasteiger partial charge in [-0.2, -0.15) is 0 Å². The Bertz CT molecular complexity index is 365. The summed E-state index contributed by atoms with van der Waals surface area (Å²) in [5, 5.41) is 0. The third-order valence-electron chi connectivity index (χ3n) is 2.26. The molecule has 0 amide bonds. The maximum absolute atomic E-state index is 11.5. The van der Waals surface area contributed by atoms with Crippen molar-refractivity contribution in [3.8, 4) is 0 Å². The van der Waals surface area contributed by atoms with Crippen LogP contribution in [0.5, 0.6) is 0 Å². The molecule has 3 nitrogen and oxygen atoms in total. The van der Waals surface area contributed by atoms with Crippen LogP contribution in [-0.2, 0) is 24.2 Å². The van der Waals surface area contributed by atoms with E-state index in [4.69, 9.17) is 9.15 Å². The first-order valence-corrected chi connectivity index (χ1v) is 4.53. The number of rotatable bonds is 1. The van der Waals surface area contributed by atoms with E-state index in [1.807, 2.05) is 6.92 Å². The second-order valence-electron chi connectivity index (χ2n) is 3.13. The summed E-state index contributed by atoms with van der Waals surface area (Å²) in [6.45, 7) is 3.04. The molecular weight excluding hydrogens is 168 g/mol. The van der Waals surface area contributed by atoms with E-state index >= 15 is 0 Å². The molecule has 1 aliphatic heterocycles. The van der Waals surface area contributed by atoms with Gasteiger partial charge in [-0.1, -0.05) is 6.92 Å². The summed E-state index contributed by atoms with van der Waals surface area (Å²) in [4.78, 5) is 11.5. The lowest BCUT2D eigenvalue weighted by atomic mass is 10.1. The lowest BCUT2D eigenvalue weighted by Gasteiger charge is -2.14. The smallest absolute Gasteiger partial charge is 0.188 e. The second kappa shape index (κ2) is 3.34. The highest BCUT2D eigenvalue weighted by atomic mass is 16.5. The van der Waals surface area contributed by atoms with E-state index in [0.29, 0.717) is 19.6 Å². The molecule has 1 aromatic heterocycles. The van der Waals surface area contributed by atoms with Crippen LogP contribution in [0.2, 0.25) is 0 Å². The Balaban J connectivity index is 2.53. The minimum Gasteiger partial charge on any atom is -0.463 e. The molecule has 0 bridgehead atoms. The Hall–Kier alpha value is -1.09. The molecule has 0 radical (unpaired) electrons. The molecule has 2 rings (SSSR count). The van der Waals surface area contributed by atoms with Crippen LogP contribution in [0, 0.1) is 0 Å². The quantitative estimate of drug-likeness (QED) is 0.653. The summed E-state index contributed by atoms with van der Waals surface area (Å²) in [5.41, 5.74) is 0.893. The standard InChI is InChI=1S/C10H12O3/c1-2-7-5-9(11)8-3-4-12-6-10(8)13-7/h5H,2-4,6H2,1H3. The number of fused-ring (bicyclic) bond motifs is 1. The highest BCUT2D eigenvalue weighted by Crippen LogP contribution is 2.14. The Morgan fingerprint density at radius 2 is 2.38 bits per heavy atom. The Labute approximate surface area is 76.3 Å². The van der Waals surface area contributed by atoms with Crippen molar-refractivity contribution in [1.82, 2.24) is 0 Å². The van der Waals surface area contributed by atoms with Gasteiger partial charge in [0.25, 0.3) is 0 Å². The van der Waals surface area contributed by atoms with Crippen LogP contribution in [0.4, 0.5) is 0 Å². The Morgan fingerprint density at radius 1 is 1.54 bits per heavy atom. The molecule has 1 aliphatic rings. The van der Waals surface area contributed by atoms with E-state index in [1.165, 1.54) is 0 Å². The Kier molecular flexibility index (Phi) is 2.19. The summed E-state index contributed by atoms with van der Waals surface area (Å²) < 4.78 is 10.7. The lowest BCUT2D eigenvalue weighted by molar-refractivity contribution is 0.0891. The summed E-state index contributed by atoms with van der Waals surface area (Å²) in [7, 11) is 0. The van der Waals surface area contributed by atoms with Crippen LogP contribution < -0.4 is 5.43 Å². The maximum atomic E-state index is 11.5. The number of aryl methyl sites for hydroxylation is 1. The average molecular weight is 180 g/mol. The maximum Gasteiger partial charge on any atom is 0.188 e. The Morgan fingerprint density at radius 3 is 3.15 bits per heavy atom. The fraction of sp³-hybridized carbons (Fsp3) is 0.500. The first-order valence-electron chi connectivity index (χ1n) is 4.53. The minimum absolute atomic E-state index is 0.0985. The molecular formula is C10H12O3. The molecule has 0 spiro atoms. The predicted molar refractivity (Wildman–Crippen MR) is 47.7 cm³/mol. The number of hydrogen-bond acceptors (Lipinski definition) is 3. The van der Waals surface area contributed by atoms with Gasteiger partial charge in [-0.3, -0.25) is 4.79 Å². The van der Waals surface area contributed by atoms with Gasteiger partial charge >= 0.3 is 0 Å². The van der Waals surface area contributed by atoms with Gasteiger partial charge in [0.1, 0.15) is 18.1 Å². The normalized spacial score (nSPS) is 15.5. The van der Waals surface area contributed by atoms with Crippen molar-refractivity contribution < 1.29 is 9.15 Å². The van der Waals surface area contributed by atoms with Crippen molar-refractivity contribution in [3.63, 3.8) is 0 Å². The van der Waals surface area contributed by atoms with E-state index in [9.17, 15) is 4.79 Å². The molecule has 3 heteroatoms. The van der Waals surface area contributed by atoms with Crippen molar-refractivity contribution in [3.05, 3.63) is 33.4 Å². The average Bonchev–Trinajstić information content (AvgIpc) is 2.18.